The summed E-state index contributed by atoms with van der Waals surface area (Å²) in [5.41, 5.74) is 6.20. The number of ether oxygens (including phenoxy) is 1. The Kier molecular flexibility index (Phi) is 16.4. The van der Waals surface area contributed by atoms with Gasteiger partial charge in [-0.3, -0.25) is 58.3 Å². The Balaban J connectivity index is 0.614. The highest BCUT2D eigenvalue weighted by molar-refractivity contribution is 6.32. The Labute approximate surface area is 486 Å². The van der Waals surface area contributed by atoms with E-state index < -0.39 is 71.0 Å². The third kappa shape index (κ3) is 11.6. The van der Waals surface area contributed by atoms with E-state index in [0.29, 0.717) is 64.5 Å². The van der Waals surface area contributed by atoms with Crippen LogP contribution >= 0.6 is 11.6 Å². The predicted octanol–water partition coefficient (Wildman–Crippen LogP) is 4.48. The molecule has 0 spiro atoms. The van der Waals surface area contributed by atoms with Crippen molar-refractivity contribution >= 4 is 76.3 Å². The molecule has 2 unspecified atom stereocenters. The molecule has 4 aromatic rings. The quantitative estimate of drug-likeness (QED) is 0.138. The summed E-state index contributed by atoms with van der Waals surface area (Å²) >= 11 is 6.16. The maximum absolute atomic E-state index is 16.0. The molecular formula is C59H61ClF2N12O10. The minimum atomic E-state index is -1.51. The Morgan fingerprint density at radius 2 is 1.42 bits per heavy atom. The number of hydrogen-bond donors (Lipinski definition) is 3. The number of nitrogens with zero attached hydrogens (tertiary/aromatic N) is 9. The number of rotatable bonds is 15. The van der Waals surface area contributed by atoms with E-state index in [1.54, 1.807) is 29.2 Å². The van der Waals surface area contributed by atoms with Crippen molar-refractivity contribution in [1.82, 2.24) is 40.4 Å². The van der Waals surface area contributed by atoms with Crippen LogP contribution in [0, 0.1) is 28.9 Å². The van der Waals surface area contributed by atoms with Crippen molar-refractivity contribution in [2.75, 3.05) is 68.7 Å². The number of halogens is 3. The molecule has 3 aromatic carbocycles. The average Bonchev–Trinajstić information content (AvgIpc) is 2.83. The number of primary amides is 1. The fourth-order valence-corrected chi connectivity index (χ4v) is 13.0. The van der Waals surface area contributed by atoms with Gasteiger partial charge in [-0.1, -0.05) is 11.6 Å². The largest absolute Gasteiger partial charge is 0.490 e. The van der Waals surface area contributed by atoms with Crippen molar-refractivity contribution in [1.29, 1.82) is 5.26 Å². The summed E-state index contributed by atoms with van der Waals surface area (Å²) in [7, 11) is 0. The standard InChI is InChI=1S/C59H61ClF2N12O10/c60-43-25-37(4-1-34(43)30-63)84-36-5-2-35(3-6-36)65-54(78)46-7-10-50(68-67-46)71-19-13-32(14-20-71)31-69-17-15-33(16-18-69)38-26-39-40(27-44(38)61)57(81)73(56(39)80)47(53(64)77)9-12-52(76)72-23-21-70(22-24-72)49-29-42-41(28-45(49)62)58(82)74(59(42)83)48-8-11-51(75)66-55(48)79/h1,4,7,10,25-29,32-33,35-36,47-48H,2-3,5-6,8-9,11-24,31H2,(H2,64,77)(H,65,78)(H,66,75,79). The number of likely N-dealkylation sites (tertiary alicyclic amines) is 1. The van der Waals surface area contributed by atoms with Crippen molar-refractivity contribution in [3.8, 4) is 11.8 Å². The zero-order chi connectivity index (χ0) is 59.1. The Morgan fingerprint density at radius 3 is 2.06 bits per heavy atom. The summed E-state index contributed by atoms with van der Waals surface area (Å²) < 4.78 is 37.6. The lowest BCUT2D eigenvalue weighted by Crippen LogP contribution is -2.54. The van der Waals surface area contributed by atoms with Gasteiger partial charge in [0.05, 0.1) is 44.6 Å². The van der Waals surface area contributed by atoms with E-state index in [2.05, 4.69) is 30.6 Å². The fourth-order valence-electron chi connectivity index (χ4n) is 12.8. The minimum Gasteiger partial charge on any atom is -0.490 e. The van der Waals surface area contributed by atoms with Gasteiger partial charge in [-0.15, -0.1) is 10.2 Å². The van der Waals surface area contributed by atoms with E-state index in [1.807, 2.05) is 12.1 Å². The molecule has 4 N–H and O–H groups in total. The molecule has 4 saturated heterocycles. The molecule has 9 amide bonds. The Bertz CT molecular complexity index is 3400. The van der Waals surface area contributed by atoms with E-state index in [0.717, 1.165) is 75.2 Å². The van der Waals surface area contributed by atoms with E-state index in [-0.39, 0.29) is 109 Å². The van der Waals surface area contributed by atoms with Crippen molar-refractivity contribution < 1.29 is 56.7 Å². The Hall–Kier alpha value is -8.43. The molecule has 438 valence electrons. The molecule has 1 aromatic heterocycles. The van der Waals surface area contributed by atoms with Gasteiger partial charge in [0, 0.05) is 70.8 Å². The van der Waals surface area contributed by atoms with E-state index in [9.17, 15) is 43.2 Å². The number of fused-ring (bicyclic) bond motifs is 2. The molecule has 5 fully saturated rings. The van der Waals surface area contributed by atoms with Crippen LogP contribution in [0.15, 0.2) is 54.6 Å². The monoisotopic (exact) mass is 1170 g/mol. The van der Waals surface area contributed by atoms with Gasteiger partial charge < -0.3 is 35.4 Å². The van der Waals surface area contributed by atoms with Crippen LogP contribution in [0.1, 0.15) is 146 Å². The second-order valence-electron chi connectivity index (χ2n) is 22.6. The number of hydrogen-bond acceptors (Lipinski definition) is 16. The first-order valence-electron chi connectivity index (χ1n) is 28.5. The summed E-state index contributed by atoms with van der Waals surface area (Å²) in [6, 6.07) is 12.5. The van der Waals surface area contributed by atoms with Gasteiger partial charge in [0.15, 0.2) is 11.5 Å². The second kappa shape index (κ2) is 24.0. The van der Waals surface area contributed by atoms with E-state index >= 15 is 8.78 Å². The highest BCUT2D eigenvalue weighted by Gasteiger charge is 2.47. The molecule has 7 heterocycles. The van der Waals surface area contributed by atoms with Crippen LogP contribution in [-0.2, 0) is 19.2 Å². The first kappa shape index (κ1) is 57.4. The molecule has 7 aliphatic rings. The minimum absolute atomic E-state index is 0.00958. The summed E-state index contributed by atoms with van der Waals surface area (Å²) in [5.74, 6) is -6.28. The van der Waals surface area contributed by atoms with Crippen molar-refractivity contribution in [3.05, 3.63) is 110 Å². The number of amides is 9. The molecule has 0 radical (unpaired) electrons. The zero-order valence-electron chi connectivity index (χ0n) is 45.8. The van der Waals surface area contributed by atoms with Gasteiger partial charge in [0.25, 0.3) is 29.5 Å². The molecule has 84 heavy (non-hydrogen) atoms. The van der Waals surface area contributed by atoms with Crippen LogP contribution in [0.25, 0.3) is 0 Å². The normalized spacial score (nSPS) is 22.0. The smallest absolute Gasteiger partial charge is 0.272 e. The van der Waals surface area contributed by atoms with Crippen LogP contribution in [0.5, 0.6) is 5.75 Å². The number of piperidine rings is 3. The molecule has 1 saturated carbocycles. The third-order valence-electron chi connectivity index (χ3n) is 17.5. The lowest BCUT2D eigenvalue weighted by molar-refractivity contribution is -0.136. The van der Waals surface area contributed by atoms with Gasteiger partial charge in [-0.2, -0.15) is 5.26 Å². The van der Waals surface area contributed by atoms with Gasteiger partial charge in [-0.25, -0.2) is 8.78 Å². The lowest BCUT2D eigenvalue weighted by Gasteiger charge is -2.38. The number of carbonyl (C=O) groups excluding carboxylic acids is 9. The first-order valence-corrected chi connectivity index (χ1v) is 28.9. The zero-order valence-corrected chi connectivity index (χ0v) is 46.6. The Morgan fingerprint density at radius 1 is 0.750 bits per heavy atom. The maximum Gasteiger partial charge on any atom is 0.272 e. The number of nitriles is 1. The molecule has 0 bridgehead atoms. The van der Waals surface area contributed by atoms with Gasteiger partial charge in [0.1, 0.15) is 35.5 Å². The van der Waals surface area contributed by atoms with Gasteiger partial charge in [0.2, 0.25) is 23.6 Å². The first-order chi connectivity index (χ1) is 40.4. The van der Waals surface area contributed by atoms with Crippen LogP contribution in [-0.4, -0.2) is 166 Å². The molecular weight excluding hydrogens is 1110 g/mol. The van der Waals surface area contributed by atoms with Crippen LogP contribution < -0.4 is 30.9 Å². The molecule has 1 aliphatic carbocycles. The average molecular weight is 1170 g/mol. The fraction of sp³-hybridized carbons (Fsp3) is 0.458. The van der Waals surface area contributed by atoms with Crippen molar-refractivity contribution in [2.24, 2.45) is 11.7 Å². The number of carbonyl (C=O) groups is 9. The predicted molar refractivity (Wildman–Crippen MR) is 297 cm³/mol. The lowest BCUT2D eigenvalue weighted by atomic mass is 9.86. The van der Waals surface area contributed by atoms with Gasteiger partial charge >= 0.3 is 0 Å². The van der Waals surface area contributed by atoms with Crippen molar-refractivity contribution in [2.45, 2.75) is 107 Å². The highest BCUT2D eigenvalue weighted by atomic mass is 35.5. The molecule has 6 aliphatic heterocycles. The van der Waals surface area contributed by atoms with E-state index in [4.69, 9.17) is 27.3 Å². The van der Waals surface area contributed by atoms with Gasteiger partial charge in [-0.05, 0) is 143 Å². The highest BCUT2D eigenvalue weighted by Crippen LogP contribution is 2.38. The molecule has 22 nitrogen and oxygen atoms in total. The topological polar surface area (TPSA) is 282 Å². The molecule has 25 heteroatoms. The summed E-state index contributed by atoms with van der Waals surface area (Å²) in [6.07, 6.45) is 5.33. The summed E-state index contributed by atoms with van der Waals surface area (Å²) in [6.45, 7) is 4.23. The maximum atomic E-state index is 16.0. The van der Waals surface area contributed by atoms with Crippen LogP contribution in [0.2, 0.25) is 5.02 Å². The molecule has 2 atom stereocenters. The van der Waals surface area contributed by atoms with Crippen molar-refractivity contribution in [3.63, 3.8) is 0 Å². The summed E-state index contributed by atoms with van der Waals surface area (Å²) in [5, 5.41) is 23.4. The number of nitrogens with two attached hydrogens (primary N) is 1. The SMILES string of the molecule is N#Cc1ccc(OC2CCC(NC(=O)c3ccc(N4CCC(CN5CCC(c6cc7c(cc6F)C(=O)N(C(CCC(=O)N6CCN(c8cc9c(cc8F)C(=O)N(C8CCC(=O)NC8=O)C9=O)CC6)C(N)=O)C7=O)CC5)CC4)nn3)CC2)cc1Cl. The summed E-state index contributed by atoms with van der Waals surface area (Å²) in [4.78, 5) is 127. The number of piperazine rings is 1. The second-order valence-corrected chi connectivity index (χ2v) is 23.0. The third-order valence-corrected chi connectivity index (χ3v) is 17.8. The number of imide groups is 3. The van der Waals surface area contributed by atoms with Crippen LogP contribution in [0.3, 0.4) is 0 Å². The number of nitrogens with one attached hydrogen (secondary N) is 2. The number of aromatic nitrogens is 2. The van der Waals surface area contributed by atoms with E-state index in [1.165, 1.54) is 17.0 Å². The molecule has 11 rings (SSSR count). The van der Waals surface area contributed by atoms with Crippen LogP contribution in [0.4, 0.5) is 20.3 Å². The number of benzene rings is 3. The number of anilines is 2.